The monoisotopic (exact) mass is 331 g/mol. The normalized spacial score (nSPS) is 10.7. The van der Waals surface area contributed by atoms with Gasteiger partial charge in [-0.2, -0.15) is 0 Å². The fourth-order valence-electron chi connectivity index (χ4n) is 2.32. The topological polar surface area (TPSA) is 69.2 Å². The number of carbonyl (C=O) groups excluding carboxylic acids is 1. The van der Waals surface area contributed by atoms with Crippen molar-refractivity contribution in [3.8, 4) is 5.69 Å². The molecule has 1 N–H and O–H groups in total. The number of aromatic nitrogens is 2. The summed E-state index contributed by atoms with van der Waals surface area (Å²) in [6.07, 6.45) is 0. The SMILES string of the molecule is Cc1c(NC(=O)c2ccc(Cl)o2)c(=O)n(-c2ccccc2)n1C. The van der Waals surface area contributed by atoms with Gasteiger partial charge in [-0.15, -0.1) is 0 Å². The van der Waals surface area contributed by atoms with Gasteiger partial charge in [0, 0.05) is 7.05 Å². The number of amides is 1. The molecule has 0 aliphatic carbocycles. The molecule has 0 saturated heterocycles. The van der Waals surface area contributed by atoms with Crippen LogP contribution in [0.5, 0.6) is 0 Å². The number of para-hydroxylation sites is 1. The third-order valence-corrected chi connectivity index (χ3v) is 3.79. The Hall–Kier alpha value is -2.73. The Balaban J connectivity index is 2.01. The summed E-state index contributed by atoms with van der Waals surface area (Å²) in [7, 11) is 1.75. The van der Waals surface area contributed by atoms with Gasteiger partial charge in [-0.1, -0.05) is 18.2 Å². The first kappa shape index (κ1) is 15.2. The lowest BCUT2D eigenvalue weighted by Gasteiger charge is -2.07. The number of halogens is 1. The highest BCUT2D eigenvalue weighted by Crippen LogP contribution is 2.17. The maximum Gasteiger partial charge on any atom is 0.295 e. The summed E-state index contributed by atoms with van der Waals surface area (Å²) >= 11 is 5.66. The maximum atomic E-state index is 12.7. The summed E-state index contributed by atoms with van der Waals surface area (Å²) in [5, 5.41) is 2.71. The Morgan fingerprint density at radius 3 is 2.48 bits per heavy atom. The highest BCUT2D eigenvalue weighted by atomic mass is 35.5. The van der Waals surface area contributed by atoms with E-state index in [4.69, 9.17) is 16.0 Å². The molecule has 0 fully saturated rings. The van der Waals surface area contributed by atoms with Crippen LogP contribution in [0.2, 0.25) is 5.22 Å². The Morgan fingerprint density at radius 1 is 1.17 bits per heavy atom. The highest BCUT2D eigenvalue weighted by Gasteiger charge is 2.20. The van der Waals surface area contributed by atoms with Crippen LogP contribution in [0.4, 0.5) is 5.69 Å². The summed E-state index contributed by atoms with van der Waals surface area (Å²) in [6.45, 7) is 1.76. The second-order valence-electron chi connectivity index (χ2n) is 4.99. The number of carbonyl (C=O) groups is 1. The zero-order valence-corrected chi connectivity index (χ0v) is 13.3. The van der Waals surface area contributed by atoms with Gasteiger partial charge < -0.3 is 9.73 Å². The fraction of sp³-hybridized carbons (Fsp3) is 0.125. The molecule has 0 unspecified atom stereocenters. The Bertz CT molecular complexity index is 922. The van der Waals surface area contributed by atoms with Crippen LogP contribution < -0.4 is 10.9 Å². The lowest BCUT2D eigenvalue weighted by atomic mass is 10.3. The average Bonchev–Trinajstić information content (AvgIpc) is 3.06. The van der Waals surface area contributed by atoms with Crippen molar-refractivity contribution < 1.29 is 9.21 Å². The van der Waals surface area contributed by atoms with Crippen molar-refractivity contribution in [2.24, 2.45) is 7.05 Å². The summed E-state index contributed by atoms with van der Waals surface area (Å²) < 4.78 is 8.23. The van der Waals surface area contributed by atoms with E-state index < -0.39 is 5.91 Å². The van der Waals surface area contributed by atoms with Crippen LogP contribution in [0.1, 0.15) is 16.2 Å². The molecule has 0 aliphatic rings. The summed E-state index contributed by atoms with van der Waals surface area (Å²) in [5.74, 6) is -0.480. The van der Waals surface area contributed by atoms with Gasteiger partial charge in [0.25, 0.3) is 11.5 Å². The van der Waals surface area contributed by atoms with E-state index in [1.807, 2.05) is 30.3 Å². The number of nitrogens with zero attached hydrogens (tertiary/aromatic N) is 2. The second-order valence-corrected chi connectivity index (χ2v) is 5.37. The minimum atomic E-state index is -0.525. The molecular weight excluding hydrogens is 318 g/mol. The number of rotatable bonds is 3. The minimum absolute atomic E-state index is 0.0453. The average molecular weight is 332 g/mol. The lowest BCUT2D eigenvalue weighted by Crippen LogP contribution is -2.22. The van der Waals surface area contributed by atoms with E-state index in [0.717, 1.165) is 0 Å². The summed E-state index contributed by atoms with van der Waals surface area (Å²) in [4.78, 5) is 24.8. The largest absolute Gasteiger partial charge is 0.440 e. The van der Waals surface area contributed by atoms with E-state index in [2.05, 4.69) is 5.32 Å². The van der Waals surface area contributed by atoms with Crippen molar-refractivity contribution >= 4 is 23.2 Å². The minimum Gasteiger partial charge on any atom is -0.440 e. The van der Waals surface area contributed by atoms with Crippen molar-refractivity contribution in [3.05, 3.63) is 69.5 Å². The van der Waals surface area contributed by atoms with Crippen LogP contribution in [0.3, 0.4) is 0 Å². The summed E-state index contributed by atoms with van der Waals surface area (Å²) in [6, 6.07) is 12.1. The lowest BCUT2D eigenvalue weighted by molar-refractivity contribution is 0.0996. The molecule has 0 atom stereocenters. The number of hydrogen-bond donors (Lipinski definition) is 1. The Labute approximate surface area is 136 Å². The zero-order valence-electron chi connectivity index (χ0n) is 12.5. The molecule has 1 amide bonds. The van der Waals surface area contributed by atoms with Gasteiger partial charge in [0.15, 0.2) is 11.0 Å². The number of nitrogens with one attached hydrogen (secondary N) is 1. The molecule has 0 saturated carbocycles. The van der Waals surface area contributed by atoms with Crippen LogP contribution in [0, 0.1) is 6.92 Å². The molecule has 0 spiro atoms. The Kier molecular flexibility index (Phi) is 3.83. The van der Waals surface area contributed by atoms with Crippen LogP contribution in [-0.2, 0) is 7.05 Å². The van der Waals surface area contributed by atoms with Crippen molar-refractivity contribution in [1.29, 1.82) is 0 Å². The molecule has 0 bridgehead atoms. The van der Waals surface area contributed by atoms with Crippen LogP contribution in [-0.4, -0.2) is 15.3 Å². The van der Waals surface area contributed by atoms with Crippen molar-refractivity contribution in [3.63, 3.8) is 0 Å². The molecule has 1 aromatic carbocycles. The smallest absolute Gasteiger partial charge is 0.295 e. The fourth-order valence-corrected chi connectivity index (χ4v) is 2.47. The standard InChI is InChI=1S/C16H14ClN3O3/c1-10-14(18-15(21)12-8-9-13(17)23-12)16(22)20(19(10)2)11-6-4-3-5-7-11/h3-9H,1-2H3,(H,18,21). The first-order chi connectivity index (χ1) is 11.0. The number of hydrogen-bond acceptors (Lipinski definition) is 3. The van der Waals surface area contributed by atoms with Gasteiger partial charge in [0.1, 0.15) is 5.69 Å². The zero-order chi connectivity index (χ0) is 16.6. The molecule has 0 radical (unpaired) electrons. The van der Waals surface area contributed by atoms with Crippen molar-refractivity contribution in [2.45, 2.75) is 6.92 Å². The molecule has 2 aromatic heterocycles. The van der Waals surface area contributed by atoms with Crippen LogP contribution in [0.25, 0.3) is 5.69 Å². The van der Waals surface area contributed by atoms with Crippen LogP contribution in [0.15, 0.2) is 51.7 Å². The molecule has 3 rings (SSSR count). The number of anilines is 1. The van der Waals surface area contributed by atoms with E-state index >= 15 is 0 Å². The van der Waals surface area contributed by atoms with E-state index in [9.17, 15) is 9.59 Å². The van der Waals surface area contributed by atoms with Crippen molar-refractivity contribution in [1.82, 2.24) is 9.36 Å². The maximum absolute atomic E-state index is 12.7. The highest BCUT2D eigenvalue weighted by molar-refractivity contribution is 6.29. The van der Waals surface area contributed by atoms with E-state index in [1.165, 1.54) is 16.8 Å². The van der Waals surface area contributed by atoms with Gasteiger partial charge in [-0.25, -0.2) is 4.68 Å². The molecular formula is C16H14ClN3O3. The molecule has 3 aromatic rings. The Morgan fingerprint density at radius 2 is 1.87 bits per heavy atom. The molecule has 0 aliphatic heterocycles. The van der Waals surface area contributed by atoms with Gasteiger partial charge >= 0.3 is 0 Å². The summed E-state index contributed by atoms with van der Waals surface area (Å²) in [5.41, 5.74) is 1.23. The molecule has 23 heavy (non-hydrogen) atoms. The predicted octanol–water partition coefficient (Wildman–Crippen LogP) is 2.98. The van der Waals surface area contributed by atoms with Gasteiger partial charge in [0.2, 0.25) is 0 Å². The van der Waals surface area contributed by atoms with Crippen LogP contribution >= 0.6 is 11.6 Å². The number of furan rings is 1. The molecule has 6 nitrogen and oxygen atoms in total. The number of benzene rings is 1. The first-order valence-corrected chi connectivity index (χ1v) is 7.27. The molecule has 7 heteroatoms. The van der Waals surface area contributed by atoms with E-state index in [1.54, 1.807) is 18.7 Å². The van der Waals surface area contributed by atoms with Crippen molar-refractivity contribution in [2.75, 3.05) is 5.32 Å². The van der Waals surface area contributed by atoms with E-state index in [-0.39, 0.29) is 22.2 Å². The van der Waals surface area contributed by atoms with E-state index in [0.29, 0.717) is 11.4 Å². The van der Waals surface area contributed by atoms with Gasteiger partial charge in [-0.3, -0.25) is 14.3 Å². The third-order valence-electron chi connectivity index (χ3n) is 3.59. The molecule has 2 heterocycles. The van der Waals surface area contributed by atoms with Gasteiger partial charge in [-0.05, 0) is 42.8 Å². The quantitative estimate of drug-likeness (QED) is 0.802. The first-order valence-electron chi connectivity index (χ1n) is 6.89. The third kappa shape index (κ3) is 2.68. The second kappa shape index (κ2) is 5.81. The predicted molar refractivity (Wildman–Crippen MR) is 87.4 cm³/mol. The molecule has 118 valence electrons. The van der Waals surface area contributed by atoms with Gasteiger partial charge in [0.05, 0.1) is 11.4 Å².